The van der Waals surface area contributed by atoms with Gasteiger partial charge in [0, 0.05) is 18.6 Å². The van der Waals surface area contributed by atoms with E-state index in [2.05, 4.69) is 45.1 Å². The van der Waals surface area contributed by atoms with E-state index in [9.17, 15) is 0 Å². The topological polar surface area (TPSA) is 15.3 Å². The Hall–Kier alpha value is -0.0800. The molecule has 2 heteroatoms. The second-order valence-corrected chi connectivity index (χ2v) is 5.79. The maximum Gasteiger partial charge on any atom is 0.0242 e. The summed E-state index contributed by atoms with van der Waals surface area (Å²) in [6, 6.07) is 1.50. The standard InChI is InChI=1S/C14H30N2/c1-6-12(7-2)14(16(4)5)10-15-13-8-11(3)9-13/h11-15H,6-10H2,1-5H3. The summed E-state index contributed by atoms with van der Waals surface area (Å²) in [5.74, 6) is 1.78. The van der Waals surface area contributed by atoms with E-state index in [1.807, 2.05) is 0 Å². The Morgan fingerprint density at radius 1 is 1.19 bits per heavy atom. The van der Waals surface area contributed by atoms with Crippen molar-refractivity contribution in [2.45, 2.75) is 58.5 Å². The van der Waals surface area contributed by atoms with Crippen molar-refractivity contribution in [3.05, 3.63) is 0 Å². The Balaban J connectivity index is 2.32. The molecule has 0 spiro atoms. The lowest BCUT2D eigenvalue weighted by Crippen LogP contribution is -2.49. The number of nitrogens with one attached hydrogen (secondary N) is 1. The predicted octanol–water partition coefficient (Wildman–Crippen LogP) is 2.74. The number of hydrogen-bond donors (Lipinski definition) is 1. The van der Waals surface area contributed by atoms with Gasteiger partial charge in [-0.15, -0.1) is 0 Å². The number of likely N-dealkylation sites (N-methyl/N-ethyl adjacent to an activating group) is 1. The first-order valence-electron chi connectivity index (χ1n) is 6.98. The van der Waals surface area contributed by atoms with Crippen LogP contribution in [0.4, 0.5) is 0 Å². The van der Waals surface area contributed by atoms with E-state index in [1.54, 1.807) is 0 Å². The number of hydrogen-bond acceptors (Lipinski definition) is 2. The first-order chi connectivity index (χ1) is 7.58. The minimum atomic E-state index is 0.700. The summed E-state index contributed by atoms with van der Waals surface area (Å²) in [7, 11) is 4.43. The maximum atomic E-state index is 3.74. The van der Waals surface area contributed by atoms with Crippen LogP contribution in [0.2, 0.25) is 0 Å². The van der Waals surface area contributed by atoms with Crippen LogP contribution >= 0.6 is 0 Å². The maximum absolute atomic E-state index is 3.74. The smallest absolute Gasteiger partial charge is 0.0242 e. The molecule has 1 atom stereocenters. The molecule has 1 unspecified atom stereocenters. The van der Waals surface area contributed by atoms with Crippen LogP contribution in [0.3, 0.4) is 0 Å². The van der Waals surface area contributed by atoms with Gasteiger partial charge in [0.15, 0.2) is 0 Å². The van der Waals surface area contributed by atoms with Crippen molar-refractivity contribution in [3.8, 4) is 0 Å². The molecule has 16 heavy (non-hydrogen) atoms. The van der Waals surface area contributed by atoms with Crippen LogP contribution in [-0.2, 0) is 0 Å². The van der Waals surface area contributed by atoms with Gasteiger partial charge < -0.3 is 10.2 Å². The zero-order valence-electron chi connectivity index (χ0n) is 11.8. The first kappa shape index (κ1) is 14.0. The van der Waals surface area contributed by atoms with Gasteiger partial charge in [-0.25, -0.2) is 0 Å². The molecule has 1 saturated carbocycles. The molecule has 1 rings (SSSR count). The summed E-state index contributed by atoms with van der Waals surface area (Å²) in [6.07, 6.45) is 5.34. The Morgan fingerprint density at radius 2 is 1.75 bits per heavy atom. The van der Waals surface area contributed by atoms with Gasteiger partial charge in [-0.1, -0.05) is 33.6 Å². The fourth-order valence-electron chi connectivity index (χ4n) is 2.96. The molecule has 0 amide bonds. The normalized spacial score (nSPS) is 27.2. The molecule has 1 aliphatic rings. The third kappa shape index (κ3) is 3.74. The molecule has 1 N–H and O–H groups in total. The molecule has 0 bridgehead atoms. The zero-order valence-corrected chi connectivity index (χ0v) is 11.8. The predicted molar refractivity (Wildman–Crippen MR) is 71.7 cm³/mol. The first-order valence-corrected chi connectivity index (χ1v) is 6.98. The van der Waals surface area contributed by atoms with E-state index in [4.69, 9.17) is 0 Å². The summed E-state index contributed by atoms with van der Waals surface area (Å²) >= 11 is 0. The molecule has 0 radical (unpaired) electrons. The van der Waals surface area contributed by atoms with Gasteiger partial charge in [-0.3, -0.25) is 0 Å². The van der Waals surface area contributed by atoms with Crippen LogP contribution in [-0.4, -0.2) is 37.6 Å². The minimum absolute atomic E-state index is 0.700. The van der Waals surface area contributed by atoms with Gasteiger partial charge in [-0.05, 0) is 38.8 Å². The lowest BCUT2D eigenvalue weighted by atomic mass is 9.81. The van der Waals surface area contributed by atoms with Crippen molar-refractivity contribution in [1.29, 1.82) is 0 Å². The van der Waals surface area contributed by atoms with E-state index >= 15 is 0 Å². The van der Waals surface area contributed by atoms with E-state index in [1.165, 1.54) is 25.7 Å². The van der Waals surface area contributed by atoms with Crippen LogP contribution in [0.1, 0.15) is 46.5 Å². The molecule has 0 heterocycles. The molecule has 1 fully saturated rings. The largest absolute Gasteiger partial charge is 0.312 e. The van der Waals surface area contributed by atoms with E-state index < -0.39 is 0 Å². The van der Waals surface area contributed by atoms with Gasteiger partial charge in [-0.2, -0.15) is 0 Å². The van der Waals surface area contributed by atoms with Crippen LogP contribution in [0, 0.1) is 11.8 Å². The molecular formula is C14H30N2. The molecule has 0 aliphatic heterocycles. The van der Waals surface area contributed by atoms with Crippen LogP contribution in [0.5, 0.6) is 0 Å². The van der Waals surface area contributed by atoms with Crippen molar-refractivity contribution < 1.29 is 0 Å². The van der Waals surface area contributed by atoms with Crippen molar-refractivity contribution >= 4 is 0 Å². The molecule has 0 saturated heterocycles. The highest BCUT2D eigenvalue weighted by atomic mass is 15.1. The molecule has 0 aromatic carbocycles. The third-order valence-corrected chi connectivity index (χ3v) is 4.25. The highest BCUT2D eigenvalue weighted by Crippen LogP contribution is 2.26. The number of nitrogens with zero attached hydrogens (tertiary/aromatic N) is 1. The second-order valence-electron chi connectivity index (χ2n) is 5.79. The minimum Gasteiger partial charge on any atom is -0.312 e. The average molecular weight is 226 g/mol. The molecule has 0 aromatic rings. The summed E-state index contributed by atoms with van der Waals surface area (Å²) in [4.78, 5) is 2.40. The van der Waals surface area contributed by atoms with Gasteiger partial charge in [0.05, 0.1) is 0 Å². The fourth-order valence-corrected chi connectivity index (χ4v) is 2.96. The molecule has 1 aliphatic carbocycles. The summed E-state index contributed by atoms with van der Waals surface area (Å²) < 4.78 is 0. The summed E-state index contributed by atoms with van der Waals surface area (Å²) in [5, 5.41) is 3.74. The fraction of sp³-hybridized carbons (Fsp3) is 1.00. The van der Waals surface area contributed by atoms with Crippen molar-refractivity contribution in [1.82, 2.24) is 10.2 Å². The number of rotatable bonds is 7. The van der Waals surface area contributed by atoms with Gasteiger partial charge >= 0.3 is 0 Å². The molecule has 2 nitrogen and oxygen atoms in total. The SMILES string of the molecule is CCC(CC)C(CNC1CC(C)C1)N(C)C. The molecular weight excluding hydrogens is 196 g/mol. The summed E-state index contributed by atoms with van der Waals surface area (Å²) in [5.41, 5.74) is 0. The molecule has 96 valence electrons. The monoisotopic (exact) mass is 226 g/mol. The zero-order chi connectivity index (χ0) is 12.1. The van der Waals surface area contributed by atoms with Crippen LogP contribution < -0.4 is 5.32 Å². The second kappa shape index (κ2) is 6.61. The molecule has 0 aromatic heterocycles. The van der Waals surface area contributed by atoms with Crippen LogP contribution in [0.25, 0.3) is 0 Å². The average Bonchev–Trinajstić information content (AvgIpc) is 2.20. The lowest BCUT2D eigenvalue weighted by Gasteiger charge is -2.38. The third-order valence-electron chi connectivity index (χ3n) is 4.25. The quantitative estimate of drug-likeness (QED) is 0.718. The van der Waals surface area contributed by atoms with Crippen molar-refractivity contribution in [2.24, 2.45) is 11.8 Å². The Bertz CT molecular complexity index is 181. The van der Waals surface area contributed by atoms with Gasteiger partial charge in [0.25, 0.3) is 0 Å². The Kier molecular flexibility index (Phi) is 5.77. The Morgan fingerprint density at radius 3 is 2.12 bits per heavy atom. The highest BCUT2D eigenvalue weighted by Gasteiger charge is 2.27. The van der Waals surface area contributed by atoms with E-state index in [0.717, 1.165) is 24.4 Å². The van der Waals surface area contributed by atoms with Gasteiger partial charge in [0.2, 0.25) is 0 Å². The van der Waals surface area contributed by atoms with Gasteiger partial charge in [0.1, 0.15) is 0 Å². The van der Waals surface area contributed by atoms with Crippen LogP contribution in [0.15, 0.2) is 0 Å². The Labute approximate surface area is 102 Å². The van der Waals surface area contributed by atoms with Crippen molar-refractivity contribution in [3.63, 3.8) is 0 Å². The summed E-state index contributed by atoms with van der Waals surface area (Å²) in [6.45, 7) is 8.14. The lowest BCUT2D eigenvalue weighted by molar-refractivity contribution is 0.166. The van der Waals surface area contributed by atoms with Crippen molar-refractivity contribution in [2.75, 3.05) is 20.6 Å². The van der Waals surface area contributed by atoms with E-state index in [0.29, 0.717) is 6.04 Å². The van der Waals surface area contributed by atoms with E-state index in [-0.39, 0.29) is 0 Å². The highest BCUT2D eigenvalue weighted by molar-refractivity contribution is 4.85.